The molecular weight excluding hydrogens is 226 g/mol. The Morgan fingerprint density at radius 1 is 1.24 bits per heavy atom. The van der Waals surface area contributed by atoms with Crippen molar-refractivity contribution >= 4 is 11.8 Å². The van der Waals surface area contributed by atoms with Gasteiger partial charge in [-0.25, -0.2) is 0 Å². The van der Waals surface area contributed by atoms with Gasteiger partial charge in [0.1, 0.15) is 0 Å². The predicted octanol–water partition coefficient (Wildman–Crippen LogP) is 4.26. The van der Waals surface area contributed by atoms with Crippen LogP contribution in [0.2, 0.25) is 0 Å². The molecule has 17 heavy (non-hydrogen) atoms. The lowest BCUT2D eigenvalue weighted by Gasteiger charge is -2.16. The first-order valence-electron chi connectivity index (χ1n) is 6.63. The summed E-state index contributed by atoms with van der Waals surface area (Å²) >= 11 is 1.98. The van der Waals surface area contributed by atoms with Gasteiger partial charge in [0.2, 0.25) is 0 Å². The van der Waals surface area contributed by atoms with Crippen molar-refractivity contribution in [1.82, 2.24) is 5.32 Å². The van der Waals surface area contributed by atoms with Crippen molar-refractivity contribution in [3.8, 4) is 0 Å². The number of aryl methyl sites for hydroxylation is 1. The van der Waals surface area contributed by atoms with Gasteiger partial charge < -0.3 is 5.32 Å². The fourth-order valence-corrected chi connectivity index (χ4v) is 3.05. The van der Waals surface area contributed by atoms with Crippen LogP contribution in [0, 0.1) is 6.92 Å². The smallest absolute Gasteiger partial charge is 0.0158 e. The maximum atomic E-state index is 3.43. The number of nitrogens with one attached hydrogen (secondary N) is 1. The molecule has 1 nitrogen and oxygen atoms in total. The van der Waals surface area contributed by atoms with Gasteiger partial charge in [-0.2, -0.15) is 0 Å². The van der Waals surface area contributed by atoms with Crippen LogP contribution in [-0.4, -0.2) is 18.8 Å². The first-order chi connectivity index (χ1) is 8.27. The third kappa shape index (κ3) is 5.60. The Balaban J connectivity index is 2.34. The molecule has 0 aromatic heterocycles. The van der Waals surface area contributed by atoms with Gasteiger partial charge in [-0.05, 0) is 32.0 Å². The molecule has 0 aliphatic carbocycles. The number of hydrogen-bond acceptors (Lipinski definition) is 2. The molecule has 0 aliphatic heterocycles. The van der Waals surface area contributed by atoms with Crippen molar-refractivity contribution in [2.45, 2.75) is 50.5 Å². The summed E-state index contributed by atoms with van der Waals surface area (Å²) in [5.74, 6) is 1.17. The number of rotatable bonds is 8. The van der Waals surface area contributed by atoms with Crippen LogP contribution in [-0.2, 0) is 0 Å². The van der Waals surface area contributed by atoms with Crippen LogP contribution in [0.1, 0.15) is 38.2 Å². The number of thioether (sulfide) groups is 1. The van der Waals surface area contributed by atoms with E-state index in [2.05, 4.69) is 50.5 Å². The van der Waals surface area contributed by atoms with E-state index >= 15 is 0 Å². The molecule has 0 bridgehead atoms. The van der Waals surface area contributed by atoms with Crippen molar-refractivity contribution in [2.24, 2.45) is 0 Å². The predicted molar refractivity (Wildman–Crippen MR) is 78.9 cm³/mol. The van der Waals surface area contributed by atoms with E-state index in [-0.39, 0.29) is 0 Å². The topological polar surface area (TPSA) is 12.0 Å². The summed E-state index contributed by atoms with van der Waals surface area (Å²) in [6, 6.07) is 9.29. The quantitative estimate of drug-likeness (QED) is 0.547. The molecule has 0 aliphatic rings. The van der Waals surface area contributed by atoms with Gasteiger partial charge in [-0.1, -0.05) is 44.4 Å². The third-order valence-electron chi connectivity index (χ3n) is 3.10. The minimum Gasteiger partial charge on any atom is -0.316 e. The molecule has 0 radical (unpaired) electrons. The van der Waals surface area contributed by atoms with Gasteiger partial charge in [0.05, 0.1) is 0 Å². The molecule has 1 unspecified atom stereocenters. The number of hydrogen-bond donors (Lipinski definition) is 1. The lowest BCUT2D eigenvalue weighted by Crippen LogP contribution is -2.27. The van der Waals surface area contributed by atoms with E-state index < -0.39 is 0 Å². The highest BCUT2D eigenvalue weighted by Gasteiger charge is 2.07. The van der Waals surface area contributed by atoms with Crippen molar-refractivity contribution in [3.05, 3.63) is 29.8 Å². The van der Waals surface area contributed by atoms with Crippen molar-refractivity contribution in [3.63, 3.8) is 0 Å². The molecule has 0 saturated carbocycles. The summed E-state index contributed by atoms with van der Waals surface area (Å²) in [6.07, 6.45) is 5.30. The van der Waals surface area contributed by atoms with Gasteiger partial charge in [0, 0.05) is 16.7 Å². The Morgan fingerprint density at radius 2 is 2.00 bits per heavy atom. The molecule has 0 spiro atoms. The molecule has 0 heterocycles. The van der Waals surface area contributed by atoms with E-state index in [0.29, 0.717) is 6.04 Å². The molecule has 1 rings (SSSR count). The molecule has 1 aromatic rings. The fourth-order valence-electron chi connectivity index (χ4n) is 1.86. The summed E-state index contributed by atoms with van der Waals surface area (Å²) in [5, 5.41) is 3.43. The maximum absolute atomic E-state index is 3.43. The highest BCUT2D eigenvalue weighted by atomic mass is 32.2. The third-order valence-corrected chi connectivity index (χ3v) is 4.44. The summed E-state index contributed by atoms with van der Waals surface area (Å²) in [5.41, 5.74) is 1.39. The fraction of sp³-hybridized carbons (Fsp3) is 0.600. The van der Waals surface area contributed by atoms with Crippen molar-refractivity contribution < 1.29 is 0 Å². The second-order valence-electron chi connectivity index (χ2n) is 4.56. The number of benzene rings is 1. The second kappa shape index (κ2) is 8.60. The van der Waals surface area contributed by atoms with Crippen LogP contribution < -0.4 is 5.32 Å². The van der Waals surface area contributed by atoms with Crippen molar-refractivity contribution in [2.75, 3.05) is 12.8 Å². The van der Waals surface area contributed by atoms with Crippen LogP contribution in [0.15, 0.2) is 29.2 Å². The molecule has 2 heteroatoms. The highest BCUT2D eigenvalue weighted by molar-refractivity contribution is 7.99. The van der Waals surface area contributed by atoms with E-state index in [1.54, 1.807) is 0 Å². The zero-order chi connectivity index (χ0) is 12.5. The van der Waals surface area contributed by atoms with Gasteiger partial charge in [0.25, 0.3) is 0 Å². The monoisotopic (exact) mass is 251 g/mol. The molecule has 1 N–H and O–H groups in total. The minimum atomic E-state index is 0.645. The first kappa shape index (κ1) is 14.6. The zero-order valence-corrected chi connectivity index (χ0v) is 12.1. The average Bonchev–Trinajstić information content (AvgIpc) is 2.35. The van der Waals surface area contributed by atoms with Gasteiger partial charge in [0.15, 0.2) is 0 Å². The molecule has 0 amide bonds. The SMILES string of the molecule is CCCCCC(CSc1ccccc1C)NC. The van der Waals surface area contributed by atoms with E-state index in [1.807, 2.05) is 11.8 Å². The lowest BCUT2D eigenvalue weighted by atomic mass is 10.1. The Kier molecular flexibility index (Phi) is 7.38. The Hall–Kier alpha value is -0.470. The van der Waals surface area contributed by atoms with E-state index in [9.17, 15) is 0 Å². The second-order valence-corrected chi connectivity index (χ2v) is 5.62. The first-order valence-corrected chi connectivity index (χ1v) is 7.62. The maximum Gasteiger partial charge on any atom is 0.0158 e. The van der Waals surface area contributed by atoms with Crippen LogP contribution >= 0.6 is 11.8 Å². The van der Waals surface area contributed by atoms with Crippen LogP contribution in [0.3, 0.4) is 0 Å². The Bertz CT molecular complexity index is 312. The standard InChI is InChI=1S/C15H25NS/c1-4-5-6-10-14(16-3)12-17-15-11-8-7-9-13(15)2/h7-9,11,14,16H,4-6,10,12H2,1-3H3. The highest BCUT2D eigenvalue weighted by Crippen LogP contribution is 2.23. The Labute approximate surface area is 110 Å². The largest absolute Gasteiger partial charge is 0.316 e. The summed E-state index contributed by atoms with van der Waals surface area (Å²) in [7, 11) is 2.08. The molecule has 1 atom stereocenters. The van der Waals surface area contributed by atoms with Gasteiger partial charge in [-0.15, -0.1) is 11.8 Å². The normalized spacial score (nSPS) is 12.6. The van der Waals surface area contributed by atoms with Crippen LogP contribution in [0.5, 0.6) is 0 Å². The summed E-state index contributed by atoms with van der Waals surface area (Å²) in [6.45, 7) is 4.45. The molecule has 0 saturated heterocycles. The lowest BCUT2D eigenvalue weighted by molar-refractivity contribution is 0.531. The van der Waals surface area contributed by atoms with Crippen molar-refractivity contribution in [1.29, 1.82) is 0 Å². The van der Waals surface area contributed by atoms with E-state index in [4.69, 9.17) is 0 Å². The van der Waals surface area contributed by atoms with Gasteiger partial charge in [-0.3, -0.25) is 0 Å². The summed E-state index contributed by atoms with van der Waals surface area (Å²) in [4.78, 5) is 1.42. The van der Waals surface area contributed by atoms with Crippen LogP contribution in [0.25, 0.3) is 0 Å². The molecular formula is C15H25NS. The minimum absolute atomic E-state index is 0.645. The average molecular weight is 251 g/mol. The summed E-state index contributed by atoms with van der Waals surface area (Å²) < 4.78 is 0. The van der Waals surface area contributed by atoms with Gasteiger partial charge >= 0.3 is 0 Å². The molecule has 96 valence electrons. The number of unbranched alkanes of at least 4 members (excludes halogenated alkanes) is 2. The van der Waals surface area contributed by atoms with E-state index in [1.165, 1.54) is 41.9 Å². The zero-order valence-electron chi connectivity index (χ0n) is 11.3. The van der Waals surface area contributed by atoms with E-state index in [0.717, 1.165) is 0 Å². The Morgan fingerprint density at radius 3 is 2.65 bits per heavy atom. The molecule has 0 fully saturated rings. The molecule has 1 aromatic carbocycles. The van der Waals surface area contributed by atoms with Crippen LogP contribution in [0.4, 0.5) is 0 Å².